The van der Waals surface area contributed by atoms with Gasteiger partial charge in [-0.2, -0.15) is 4.40 Å². The van der Waals surface area contributed by atoms with Crippen molar-refractivity contribution in [1.82, 2.24) is 9.78 Å². The summed E-state index contributed by atoms with van der Waals surface area (Å²) >= 11 is 1.65. The van der Waals surface area contributed by atoms with E-state index in [4.69, 9.17) is 5.14 Å². The fraction of sp³-hybridized carbons (Fsp3) is 0.111. The van der Waals surface area contributed by atoms with Crippen molar-refractivity contribution in [2.45, 2.75) is 9.24 Å². The van der Waals surface area contributed by atoms with Crippen LogP contribution in [-0.4, -0.2) is 23.1 Å². The van der Waals surface area contributed by atoms with Crippen LogP contribution in [0.15, 0.2) is 37.9 Å². The van der Waals surface area contributed by atoms with Crippen LogP contribution in [0.25, 0.3) is 0 Å². The molecule has 0 saturated carbocycles. The minimum Gasteiger partial charge on any atom is -0.258 e. The third-order valence-electron chi connectivity index (χ3n) is 2.21. The number of benzene rings is 1. The Hall–Kier alpha value is -1.76. The van der Waals surface area contributed by atoms with Crippen LogP contribution in [0.5, 0.6) is 0 Å². The summed E-state index contributed by atoms with van der Waals surface area (Å²) in [4.78, 5) is 11.0. The Labute approximate surface area is 127 Å². The molecule has 0 fully saturated rings. The summed E-state index contributed by atoms with van der Waals surface area (Å²) in [6, 6.07) is 6.11. The van der Waals surface area contributed by atoms with E-state index >= 15 is 0 Å². The predicted octanol–water partition coefficient (Wildman–Crippen LogP) is 0.645. The smallest absolute Gasteiger partial charge is 0.258 e. The van der Waals surface area contributed by atoms with Gasteiger partial charge in [0.25, 0.3) is 15.7 Å². The van der Waals surface area contributed by atoms with E-state index in [1.54, 1.807) is 18.2 Å². The average Bonchev–Trinajstić information content (AvgIpc) is 2.78. The zero-order chi connectivity index (χ0) is 15.6. The predicted molar refractivity (Wildman–Crippen MR) is 77.0 cm³/mol. The molecular weight excluding hydrogens is 338 g/mol. The van der Waals surface area contributed by atoms with E-state index in [1.165, 1.54) is 17.8 Å². The molecule has 1 heterocycles. The van der Waals surface area contributed by atoms with Gasteiger partial charge in [0.2, 0.25) is 9.14 Å². The highest BCUT2D eigenvalue weighted by Crippen LogP contribution is 2.28. The lowest BCUT2D eigenvalue weighted by Gasteiger charge is -1.96. The minimum absolute atomic E-state index is 0.0786. The molecule has 112 valence electrons. The number of primary sulfonamides is 1. The molecule has 0 spiro atoms. The first-order valence-corrected chi connectivity index (χ1v) is 8.44. The van der Waals surface area contributed by atoms with E-state index in [9.17, 15) is 18.5 Å². The highest BCUT2D eigenvalue weighted by molar-refractivity contribution is 7.98. The summed E-state index contributed by atoms with van der Waals surface area (Å²) in [6.45, 7) is 0. The largest absolute Gasteiger partial charge is 0.284 e. The Morgan fingerprint density at radius 1 is 1.48 bits per heavy atom. The molecule has 12 heteroatoms. The monoisotopic (exact) mass is 347 g/mol. The number of aryl methyl sites for hydroxylation is 1. The molecule has 0 unspecified atom stereocenters. The molecule has 2 aromatic rings. The van der Waals surface area contributed by atoms with E-state index in [2.05, 4.69) is 9.50 Å². The van der Waals surface area contributed by atoms with Crippen molar-refractivity contribution >= 4 is 39.0 Å². The lowest BCUT2D eigenvalue weighted by Crippen LogP contribution is -2.13. The third kappa shape index (κ3) is 3.66. The third-order valence-corrected chi connectivity index (χ3v) is 5.45. The second-order valence-corrected chi connectivity index (χ2v) is 7.22. The zero-order valence-corrected chi connectivity index (χ0v) is 13.0. The van der Waals surface area contributed by atoms with E-state index in [0.29, 0.717) is 4.90 Å². The molecule has 0 saturated heterocycles. The first-order chi connectivity index (χ1) is 9.79. The SMILES string of the molecule is Cn1nc(S(N)(=O)=O)s/c1=N\Sc1ccccc1[N+](=O)[O-]. The van der Waals surface area contributed by atoms with Gasteiger partial charge in [-0.3, -0.25) is 10.1 Å². The van der Waals surface area contributed by atoms with Gasteiger partial charge in [-0.05, 0) is 6.07 Å². The Morgan fingerprint density at radius 3 is 2.71 bits per heavy atom. The number of aromatic nitrogens is 2. The summed E-state index contributed by atoms with van der Waals surface area (Å²) in [5, 5.41) is 19.6. The lowest BCUT2D eigenvalue weighted by molar-refractivity contribution is -0.387. The number of nitro groups is 1. The second-order valence-electron chi connectivity index (χ2n) is 3.73. The molecule has 9 nitrogen and oxygen atoms in total. The maximum atomic E-state index is 11.2. The lowest BCUT2D eigenvalue weighted by atomic mass is 10.3. The van der Waals surface area contributed by atoms with Crippen molar-refractivity contribution in [2.75, 3.05) is 0 Å². The standard InChI is InChI=1S/C9H9N5O4S3/c1-13-8(19-9(11-13)21(10,17)18)12-20-7-5-3-2-4-6(7)14(15)16/h2-5H,1H3,(H2,10,17,18)/b12-8-. The average molecular weight is 347 g/mol. The maximum Gasteiger partial charge on any atom is 0.284 e. The highest BCUT2D eigenvalue weighted by atomic mass is 32.2. The van der Waals surface area contributed by atoms with E-state index < -0.39 is 14.9 Å². The van der Waals surface area contributed by atoms with Gasteiger partial charge in [0.1, 0.15) is 4.90 Å². The molecule has 0 aliphatic heterocycles. The second kappa shape index (κ2) is 5.93. The van der Waals surface area contributed by atoms with Crippen LogP contribution in [0, 0.1) is 10.1 Å². The van der Waals surface area contributed by atoms with Crippen molar-refractivity contribution in [3.63, 3.8) is 0 Å². The summed E-state index contributed by atoms with van der Waals surface area (Å²) in [7, 11) is -2.40. The van der Waals surface area contributed by atoms with Crippen LogP contribution < -0.4 is 9.94 Å². The molecule has 2 N–H and O–H groups in total. The zero-order valence-electron chi connectivity index (χ0n) is 10.5. The Bertz CT molecular complexity index is 854. The van der Waals surface area contributed by atoms with Gasteiger partial charge in [0.15, 0.2) is 0 Å². The van der Waals surface area contributed by atoms with Gasteiger partial charge in [-0.1, -0.05) is 23.5 Å². The molecule has 1 aromatic heterocycles. The molecule has 21 heavy (non-hydrogen) atoms. The number of hydrogen-bond donors (Lipinski definition) is 1. The molecule has 0 aliphatic rings. The molecular formula is C9H9N5O4S3. The number of sulfonamides is 1. The summed E-state index contributed by atoms with van der Waals surface area (Å²) in [6.07, 6.45) is 0. The highest BCUT2D eigenvalue weighted by Gasteiger charge is 2.15. The van der Waals surface area contributed by atoms with Gasteiger partial charge < -0.3 is 0 Å². The first kappa shape index (κ1) is 15.6. The number of para-hydroxylation sites is 1. The summed E-state index contributed by atoms with van der Waals surface area (Å²) < 4.78 is 27.4. The molecule has 1 aromatic carbocycles. The Morgan fingerprint density at radius 2 is 2.14 bits per heavy atom. The molecule has 0 aliphatic carbocycles. The molecule has 0 radical (unpaired) electrons. The Balaban J connectivity index is 2.39. The quantitative estimate of drug-likeness (QED) is 0.490. The van der Waals surface area contributed by atoms with Crippen LogP contribution in [0.2, 0.25) is 0 Å². The van der Waals surface area contributed by atoms with Crippen molar-refractivity contribution in [3.8, 4) is 0 Å². The van der Waals surface area contributed by atoms with Gasteiger partial charge in [0.05, 0.1) is 4.92 Å². The van der Waals surface area contributed by atoms with E-state index in [-0.39, 0.29) is 14.8 Å². The van der Waals surface area contributed by atoms with Crippen LogP contribution in [0.4, 0.5) is 5.69 Å². The fourth-order valence-corrected chi connectivity index (χ4v) is 3.64. The number of nitro benzene ring substituents is 1. The normalized spacial score (nSPS) is 12.6. The van der Waals surface area contributed by atoms with Crippen molar-refractivity contribution in [3.05, 3.63) is 39.2 Å². The van der Waals surface area contributed by atoms with Crippen molar-refractivity contribution in [2.24, 2.45) is 16.6 Å². The fourth-order valence-electron chi connectivity index (χ4n) is 1.30. The molecule has 0 amide bonds. The van der Waals surface area contributed by atoms with Crippen LogP contribution in [-0.2, 0) is 17.1 Å². The van der Waals surface area contributed by atoms with E-state index in [1.807, 2.05) is 0 Å². The van der Waals surface area contributed by atoms with Crippen LogP contribution in [0.1, 0.15) is 0 Å². The van der Waals surface area contributed by atoms with Crippen molar-refractivity contribution in [1.29, 1.82) is 0 Å². The molecule has 2 rings (SSSR count). The first-order valence-electron chi connectivity index (χ1n) is 5.30. The van der Waals surface area contributed by atoms with Gasteiger partial charge in [-0.15, -0.1) is 5.10 Å². The Kier molecular flexibility index (Phi) is 4.41. The number of nitrogens with two attached hydrogens (primary N) is 1. The summed E-state index contributed by atoms with van der Waals surface area (Å²) in [5.74, 6) is 0. The number of nitrogens with zero attached hydrogens (tertiary/aromatic N) is 4. The van der Waals surface area contributed by atoms with Gasteiger partial charge >= 0.3 is 0 Å². The maximum absolute atomic E-state index is 11.2. The number of hydrogen-bond acceptors (Lipinski definition) is 8. The van der Waals surface area contributed by atoms with Crippen molar-refractivity contribution < 1.29 is 13.3 Å². The van der Waals surface area contributed by atoms with Crippen LogP contribution in [0.3, 0.4) is 0 Å². The van der Waals surface area contributed by atoms with Crippen LogP contribution >= 0.6 is 23.3 Å². The molecule has 0 atom stereocenters. The van der Waals surface area contributed by atoms with E-state index in [0.717, 1.165) is 23.3 Å². The topological polar surface area (TPSA) is 133 Å². The summed E-state index contributed by atoms with van der Waals surface area (Å²) in [5.41, 5.74) is -0.0786. The minimum atomic E-state index is -3.90. The number of rotatable bonds is 4. The van der Waals surface area contributed by atoms with Gasteiger partial charge in [-0.25, -0.2) is 18.2 Å². The molecule has 0 bridgehead atoms. The van der Waals surface area contributed by atoms with Gasteiger partial charge in [0, 0.05) is 25.1 Å².